The Kier molecular flexibility index (Phi) is 3.09. The lowest BCUT2D eigenvalue weighted by Crippen LogP contribution is -2.12. The molecular weight excluding hydrogens is 261 g/mol. The molecular formula is C12H5F3N2O2. The van der Waals surface area contributed by atoms with Crippen LogP contribution in [0.4, 0.5) is 13.2 Å². The second-order valence-electron chi connectivity index (χ2n) is 3.55. The highest BCUT2D eigenvalue weighted by Gasteiger charge is 2.39. The smallest absolute Gasteiger partial charge is 0.352 e. The number of nitrogens with zero attached hydrogens (tertiary/aromatic N) is 2. The molecule has 0 saturated heterocycles. The van der Waals surface area contributed by atoms with Gasteiger partial charge in [0.05, 0.1) is 17.8 Å². The summed E-state index contributed by atoms with van der Waals surface area (Å²) in [5.41, 5.74) is -1.45. The van der Waals surface area contributed by atoms with Crippen molar-refractivity contribution >= 4 is 5.78 Å². The van der Waals surface area contributed by atoms with Crippen LogP contribution in [-0.2, 0) is 6.18 Å². The molecule has 0 N–H and O–H groups in total. The third-order valence-electron chi connectivity index (χ3n) is 2.37. The molecule has 0 amide bonds. The molecule has 0 radical (unpaired) electrons. The standard InChI is InChI=1S/C12H5F3N2O2/c13-12(14,15)9-6-17-19-11(9)10(18)8-4-2-1-3-7(8)5-16/h1-4,6H. The molecule has 0 aliphatic rings. The Hall–Kier alpha value is -2.62. The monoisotopic (exact) mass is 266 g/mol. The van der Waals surface area contributed by atoms with Gasteiger partial charge in [-0.1, -0.05) is 17.3 Å². The minimum Gasteiger partial charge on any atom is -0.352 e. The van der Waals surface area contributed by atoms with Gasteiger partial charge in [-0.2, -0.15) is 18.4 Å². The molecule has 1 aromatic heterocycles. The van der Waals surface area contributed by atoms with Gasteiger partial charge in [-0.15, -0.1) is 0 Å². The van der Waals surface area contributed by atoms with Gasteiger partial charge in [0.2, 0.25) is 11.5 Å². The van der Waals surface area contributed by atoms with Gasteiger partial charge in [-0.05, 0) is 12.1 Å². The maximum Gasteiger partial charge on any atom is 0.421 e. The zero-order valence-corrected chi connectivity index (χ0v) is 9.23. The van der Waals surface area contributed by atoms with E-state index in [2.05, 4.69) is 9.68 Å². The molecule has 19 heavy (non-hydrogen) atoms. The molecule has 7 heteroatoms. The minimum absolute atomic E-state index is 0.0305. The van der Waals surface area contributed by atoms with E-state index in [1.807, 2.05) is 0 Å². The van der Waals surface area contributed by atoms with Crippen LogP contribution < -0.4 is 0 Å². The van der Waals surface area contributed by atoms with E-state index in [4.69, 9.17) is 5.26 Å². The molecule has 96 valence electrons. The van der Waals surface area contributed by atoms with Crippen LogP contribution in [0.5, 0.6) is 0 Å². The Morgan fingerprint density at radius 3 is 2.63 bits per heavy atom. The quantitative estimate of drug-likeness (QED) is 0.784. The number of rotatable bonds is 2. The highest BCUT2D eigenvalue weighted by Crippen LogP contribution is 2.33. The number of alkyl halides is 3. The highest BCUT2D eigenvalue weighted by atomic mass is 19.4. The van der Waals surface area contributed by atoms with Crippen molar-refractivity contribution in [1.29, 1.82) is 5.26 Å². The number of hydrogen-bond acceptors (Lipinski definition) is 4. The zero-order chi connectivity index (χ0) is 14.0. The Balaban J connectivity index is 2.53. The van der Waals surface area contributed by atoms with Crippen molar-refractivity contribution in [3.8, 4) is 6.07 Å². The van der Waals surface area contributed by atoms with Crippen LogP contribution >= 0.6 is 0 Å². The normalized spacial score (nSPS) is 11.1. The highest BCUT2D eigenvalue weighted by molar-refractivity contribution is 6.09. The lowest BCUT2D eigenvalue weighted by molar-refractivity contribution is -0.138. The molecule has 0 unspecified atom stereocenters. The fourth-order valence-electron chi connectivity index (χ4n) is 1.51. The van der Waals surface area contributed by atoms with Crippen molar-refractivity contribution in [2.45, 2.75) is 6.18 Å². The minimum atomic E-state index is -4.74. The van der Waals surface area contributed by atoms with E-state index in [-0.39, 0.29) is 11.1 Å². The first-order valence-electron chi connectivity index (χ1n) is 5.01. The fraction of sp³-hybridized carbons (Fsp3) is 0.0833. The number of ketones is 1. The second-order valence-corrected chi connectivity index (χ2v) is 3.55. The second kappa shape index (κ2) is 4.57. The van der Waals surface area contributed by atoms with Crippen LogP contribution in [0.2, 0.25) is 0 Å². The van der Waals surface area contributed by atoms with E-state index in [1.165, 1.54) is 24.3 Å². The number of halogens is 3. The molecule has 0 bridgehead atoms. The molecule has 1 aromatic carbocycles. The molecule has 4 nitrogen and oxygen atoms in total. The van der Waals surface area contributed by atoms with Crippen LogP contribution in [-0.4, -0.2) is 10.9 Å². The van der Waals surface area contributed by atoms with Crippen LogP contribution in [0.25, 0.3) is 0 Å². The predicted octanol–water partition coefficient (Wildman–Crippen LogP) is 2.80. The largest absolute Gasteiger partial charge is 0.421 e. The summed E-state index contributed by atoms with van der Waals surface area (Å²) in [7, 11) is 0. The molecule has 1 heterocycles. The molecule has 0 aliphatic carbocycles. The maximum atomic E-state index is 12.6. The summed E-state index contributed by atoms with van der Waals surface area (Å²) in [5, 5.41) is 11.8. The van der Waals surface area contributed by atoms with Gasteiger partial charge in [0, 0.05) is 5.56 Å². The summed E-state index contributed by atoms with van der Waals surface area (Å²) in [6, 6.07) is 7.26. The van der Waals surface area contributed by atoms with Crippen molar-refractivity contribution in [2.24, 2.45) is 0 Å². The summed E-state index contributed by atoms with van der Waals surface area (Å²) in [5.74, 6) is -1.95. The third-order valence-corrected chi connectivity index (χ3v) is 2.37. The molecule has 0 spiro atoms. The predicted molar refractivity (Wildman–Crippen MR) is 56.1 cm³/mol. The Morgan fingerprint density at radius 1 is 1.32 bits per heavy atom. The summed E-state index contributed by atoms with van der Waals surface area (Å²) >= 11 is 0. The van der Waals surface area contributed by atoms with Gasteiger partial charge >= 0.3 is 6.18 Å². The molecule has 2 aromatic rings. The summed E-state index contributed by atoms with van der Waals surface area (Å²) in [4.78, 5) is 12.0. The summed E-state index contributed by atoms with van der Waals surface area (Å²) < 4.78 is 42.2. The first kappa shape index (κ1) is 12.8. The van der Waals surface area contributed by atoms with Gasteiger partial charge in [-0.25, -0.2) is 0 Å². The average Bonchev–Trinajstić information content (AvgIpc) is 2.87. The van der Waals surface area contributed by atoms with Gasteiger partial charge in [0.25, 0.3) is 0 Å². The Bertz CT molecular complexity index is 668. The van der Waals surface area contributed by atoms with Gasteiger partial charge < -0.3 is 4.52 Å². The third kappa shape index (κ3) is 2.33. The van der Waals surface area contributed by atoms with Crippen LogP contribution in [0, 0.1) is 11.3 Å². The van der Waals surface area contributed by atoms with Crippen molar-refractivity contribution < 1.29 is 22.5 Å². The molecule has 0 aliphatic heterocycles. The van der Waals surface area contributed by atoms with E-state index in [0.717, 1.165) is 0 Å². The lowest BCUT2D eigenvalue weighted by Gasteiger charge is -2.05. The maximum absolute atomic E-state index is 12.6. The van der Waals surface area contributed by atoms with E-state index in [9.17, 15) is 18.0 Å². The van der Waals surface area contributed by atoms with E-state index >= 15 is 0 Å². The van der Waals surface area contributed by atoms with Crippen molar-refractivity contribution in [3.63, 3.8) is 0 Å². The Morgan fingerprint density at radius 2 is 2.00 bits per heavy atom. The number of aromatic nitrogens is 1. The fourth-order valence-corrected chi connectivity index (χ4v) is 1.51. The van der Waals surface area contributed by atoms with Gasteiger partial charge in [-0.3, -0.25) is 4.79 Å². The van der Waals surface area contributed by atoms with Crippen molar-refractivity contribution in [3.05, 3.63) is 52.9 Å². The van der Waals surface area contributed by atoms with Crippen LogP contribution in [0.3, 0.4) is 0 Å². The van der Waals surface area contributed by atoms with Gasteiger partial charge in [0.15, 0.2) is 0 Å². The van der Waals surface area contributed by atoms with Crippen LogP contribution in [0.1, 0.15) is 27.2 Å². The van der Waals surface area contributed by atoms with E-state index in [0.29, 0.717) is 6.20 Å². The molecule has 0 saturated carbocycles. The average molecular weight is 266 g/mol. The SMILES string of the molecule is N#Cc1ccccc1C(=O)c1oncc1C(F)(F)F. The first-order chi connectivity index (χ1) is 8.95. The van der Waals surface area contributed by atoms with E-state index < -0.39 is 23.3 Å². The molecule has 0 fully saturated rings. The number of carbonyl (C=O) groups is 1. The number of carbonyl (C=O) groups excluding carboxylic acids is 1. The number of benzene rings is 1. The summed E-state index contributed by atoms with van der Waals surface area (Å²) in [6.45, 7) is 0. The molecule has 0 atom stereocenters. The summed E-state index contributed by atoms with van der Waals surface area (Å²) in [6.07, 6.45) is -4.31. The zero-order valence-electron chi connectivity index (χ0n) is 9.23. The first-order valence-corrected chi connectivity index (χ1v) is 5.01. The van der Waals surface area contributed by atoms with Crippen molar-refractivity contribution in [1.82, 2.24) is 5.16 Å². The molecule has 2 rings (SSSR count). The van der Waals surface area contributed by atoms with Crippen molar-refractivity contribution in [2.75, 3.05) is 0 Å². The van der Waals surface area contributed by atoms with E-state index in [1.54, 1.807) is 6.07 Å². The van der Waals surface area contributed by atoms with Gasteiger partial charge in [0.1, 0.15) is 5.56 Å². The lowest BCUT2D eigenvalue weighted by atomic mass is 10.0. The van der Waals surface area contributed by atoms with Crippen LogP contribution in [0.15, 0.2) is 35.0 Å². The Labute approximate surface area is 105 Å². The number of hydrogen-bond donors (Lipinski definition) is 0. The number of nitriles is 1. The topological polar surface area (TPSA) is 66.9 Å².